The van der Waals surface area contributed by atoms with Crippen LogP contribution in [0.3, 0.4) is 0 Å². The van der Waals surface area contributed by atoms with E-state index in [-0.39, 0.29) is 0 Å². The zero-order valence-electron chi connectivity index (χ0n) is 8.28. The summed E-state index contributed by atoms with van der Waals surface area (Å²) < 4.78 is 0. The second kappa shape index (κ2) is 4.55. The summed E-state index contributed by atoms with van der Waals surface area (Å²) in [5.41, 5.74) is 2.92. The van der Waals surface area contributed by atoms with E-state index in [1.54, 1.807) is 0 Å². The van der Waals surface area contributed by atoms with Crippen LogP contribution in [0.15, 0.2) is 24.3 Å². The lowest BCUT2D eigenvalue weighted by Crippen LogP contribution is -2.19. The number of fused-ring (bicyclic) bond motifs is 1. The van der Waals surface area contributed by atoms with E-state index in [4.69, 9.17) is 5.90 Å². The molecule has 1 aromatic carbocycles. The summed E-state index contributed by atoms with van der Waals surface area (Å²) in [5, 5.41) is 0. The van der Waals surface area contributed by atoms with Crippen LogP contribution in [-0.2, 0) is 17.9 Å². The normalized spacial score (nSPS) is 15.8. The second-order valence-corrected chi connectivity index (χ2v) is 3.70. The van der Waals surface area contributed by atoms with E-state index >= 15 is 0 Å². The van der Waals surface area contributed by atoms with Crippen LogP contribution in [0.5, 0.6) is 0 Å². The van der Waals surface area contributed by atoms with Gasteiger partial charge >= 0.3 is 0 Å². The largest absolute Gasteiger partial charge is 0.305 e. The highest BCUT2D eigenvalue weighted by Crippen LogP contribution is 2.21. The van der Waals surface area contributed by atoms with Gasteiger partial charge in [0.05, 0.1) is 6.61 Å². The number of hydrogen-bond acceptors (Lipinski definition) is 3. The van der Waals surface area contributed by atoms with E-state index in [9.17, 15) is 0 Å². The van der Waals surface area contributed by atoms with Gasteiger partial charge in [0.1, 0.15) is 0 Å². The third-order valence-electron chi connectivity index (χ3n) is 2.64. The molecule has 0 spiro atoms. The van der Waals surface area contributed by atoms with E-state index in [0.717, 1.165) is 26.1 Å². The first kappa shape index (κ1) is 9.65. The standard InChI is InChI=1S/C11H16N2O/c12-14-7-3-6-13-8-10-4-1-2-5-11(10)9-13/h1-2,4-5H,3,6-9,12H2. The second-order valence-electron chi connectivity index (χ2n) is 3.70. The highest BCUT2D eigenvalue weighted by atomic mass is 16.6. The lowest BCUT2D eigenvalue weighted by atomic mass is 10.1. The Morgan fingerprint density at radius 1 is 1.21 bits per heavy atom. The minimum absolute atomic E-state index is 0.646. The number of rotatable bonds is 4. The fourth-order valence-corrected chi connectivity index (χ4v) is 1.93. The van der Waals surface area contributed by atoms with Gasteiger partial charge in [0, 0.05) is 19.6 Å². The number of hydrogen-bond donors (Lipinski definition) is 1. The number of nitrogens with zero attached hydrogens (tertiary/aromatic N) is 1. The van der Waals surface area contributed by atoms with Gasteiger partial charge in [0.15, 0.2) is 0 Å². The molecule has 14 heavy (non-hydrogen) atoms. The molecular formula is C11H16N2O. The van der Waals surface area contributed by atoms with Gasteiger partial charge in [-0.05, 0) is 17.5 Å². The number of nitrogens with two attached hydrogens (primary N) is 1. The van der Waals surface area contributed by atoms with Gasteiger partial charge in [-0.15, -0.1) is 0 Å². The molecular weight excluding hydrogens is 176 g/mol. The molecule has 76 valence electrons. The highest BCUT2D eigenvalue weighted by Gasteiger charge is 2.16. The fourth-order valence-electron chi connectivity index (χ4n) is 1.93. The summed E-state index contributed by atoms with van der Waals surface area (Å²) in [6, 6.07) is 8.61. The average molecular weight is 192 g/mol. The third kappa shape index (κ3) is 2.12. The van der Waals surface area contributed by atoms with Crippen LogP contribution in [0.2, 0.25) is 0 Å². The molecule has 1 aliphatic rings. The molecule has 2 N–H and O–H groups in total. The van der Waals surface area contributed by atoms with Crippen molar-refractivity contribution in [1.82, 2.24) is 4.90 Å². The van der Waals surface area contributed by atoms with Crippen molar-refractivity contribution in [1.29, 1.82) is 0 Å². The molecule has 3 nitrogen and oxygen atoms in total. The summed E-state index contributed by atoms with van der Waals surface area (Å²) in [6.07, 6.45) is 1.00. The van der Waals surface area contributed by atoms with Gasteiger partial charge in [0.25, 0.3) is 0 Å². The lowest BCUT2D eigenvalue weighted by molar-refractivity contribution is 0.123. The topological polar surface area (TPSA) is 38.5 Å². The molecule has 1 heterocycles. The summed E-state index contributed by atoms with van der Waals surface area (Å²) in [7, 11) is 0. The van der Waals surface area contributed by atoms with Crippen molar-refractivity contribution in [2.24, 2.45) is 5.90 Å². The third-order valence-corrected chi connectivity index (χ3v) is 2.64. The van der Waals surface area contributed by atoms with E-state index in [0.29, 0.717) is 6.61 Å². The Kier molecular flexibility index (Phi) is 3.14. The monoisotopic (exact) mass is 192 g/mol. The van der Waals surface area contributed by atoms with Crippen molar-refractivity contribution in [3.8, 4) is 0 Å². The van der Waals surface area contributed by atoms with Crippen LogP contribution < -0.4 is 5.90 Å². The number of benzene rings is 1. The lowest BCUT2D eigenvalue weighted by Gasteiger charge is -2.13. The maximum Gasteiger partial charge on any atom is 0.0691 e. The van der Waals surface area contributed by atoms with Crippen LogP contribution in [0.4, 0.5) is 0 Å². The average Bonchev–Trinajstić information content (AvgIpc) is 2.60. The molecule has 0 amide bonds. The van der Waals surface area contributed by atoms with Gasteiger partial charge in [0.2, 0.25) is 0 Å². The van der Waals surface area contributed by atoms with Crippen LogP contribution in [0, 0.1) is 0 Å². The van der Waals surface area contributed by atoms with Gasteiger partial charge in [-0.3, -0.25) is 4.90 Å². The molecule has 1 aromatic rings. The molecule has 0 unspecified atom stereocenters. The Bertz CT molecular complexity index is 276. The first-order chi connectivity index (χ1) is 6.90. The van der Waals surface area contributed by atoms with Crippen molar-refractivity contribution < 1.29 is 4.84 Å². The van der Waals surface area contributed by atoms with Gasteiger partial charge < -0.3 is 4.84 Å². The minimum Gasteiger partial charge on any atom is -0.305 e. The molecule has 0 saturated carbocycles. The first-order valence-corrected chi connectivity index (χ1v) is 5.01. The van der Waals surface area contributed by atoms with E-state index in [2.05, 4.69) is 34.0 Å². The maximum absolute atomic E-state index is 4.98. The van der Waals surface area contributed by atoms with Crippen LogP contribution in [-0.4, -0.2) is 18.1 Å². The van der Waals surface area contributed by atoms with Crippen LogP contribution >= 0.6 is 0 Å². The van der Waals surface area contributed by atoms with E-state index < -0.39 is 0 Å². The quantitative estimate of drug-likeness (QED) is 0.577. The van der Waals surface area contributed by atoms with Crippen molar-refractivity contribution in [2.75, 3.05) is 13.2 Å². The molecule has 0 radical (unpaired) electrons. The highest BCUT2D eigenvalue weighted by molar-refractivity contribution is 5.30. The SMILES string of the molecule is NOCCCN1Cc2ccccc2C1. The van der Waals surface area contributed by atoms with Crippen LogP contribution in [0.25, 0.3) is 0 Å². The smallest absolute Gasteiger partial charge is 0.0691 e. The maximum atomic E-state index is 4.98. The molecule has 1 aliphatic heterocycles. The Hall–Kier alpha value is -0.900. The summed E-state index contributed by atoms with van der Waals surface area (Å²) in [6.45, 7) is 3.85. The zero-order chi connectivity index (χ0) is 9.80. The molecule has 0 fully saturated rings. The summed E-state index contributed by atoms with van der Waals surface area (Å²) in [4.78, 5) is 6.97. The van der Waals surface area contributed by atoms with Gasteiger partial charge in [-0.25, -0.2) is 5.90 Å². The molecule has 0 bridgehead atoms. The van der Waals surface area contributed by atoms with Gasteiger partial charge in [-0.2, -0.15) is 0 Å². The van der Waals surface area contributed by atoms with Crippen molar-refractivity contribution in [3.05, 3.63) is 35.4 Å². The predicted octanol–water partition coefficient (Wildman–Crippen LogP) is 1.28. The summed E-state index contributed by atoms with van der Waals surface area (Å²) >= 11 is 0. The van der Waals surface area contributed by atoms with E-state index in [1.165, 1.54) is 11.1 Å². The predicted molar refractivity (Wildman–Crippen MR) is 55.3 cm³/mol. The van der Waals surface area contributed by atoms with Crippen molar-refractivity contribution in [2.45, 2.75) is 19.5 Å². The Balaban J connectivity index is 1.86. The van der Waals surface area contributed by atoms with Crippen LogP contribution in [0.1, 0.15) is 17.5 Å². The molecule has 0 aliphatic carbocycles. The van der Waals surface area contributed by atoms with Crippen molar-refractivity contribution >= 4 is 0 Å². The Morgan fingerprint density at radius 2 is 1.86 bits per heavy atom. The summed E-state index contributed by atoms with van der Waals surface area (Å²) in [5.74, 6) is 4.98. The first-order valence-electron chi connectivity index (χ1n) is 5.01. The van der Waals surface area contributed by atoms with Crippen molar-refractivity contribution in [3.63, 3.8) is 0 Å². The minimum atomic E-state index is 0.646. The Morgan fingerprint density at radius 3 is 2.43 bits per heavy atom. The molecule has 2 rings (SSSR count). The zero-order valence-corrected chi connectivity index (χ0v) is 8.28. The Labute approximate surface area is 84.4 Å². The molecule has 0 atom stereocenters. The fraction of sp³-hybridized carbons (Fsp3) is 0.455. The van der Waals surface area contributed by atoms with Gasteiger partial charge in [-0.1, -0.05) is 24.3 Å². The molecule has 0 saturated heterocycles. The van der Waals surface area contributed by atoms with E-state index in [1.807, 2.05) is 0 Å². The molecule has 0 aromatic heterocycles. The molecule has 3 heteroatoms.